The van der Waals surface area contributed by atoms with Crippen molar-refractivity contribution in [2.75, 3.05) is 50.6 Å². The van der Waals surface area contributed by atoms with Crippen molar-refractivity contribution in [3.63, 3.8) is 0 Å². The van der Waals surface area contributed by atoms with Crippen molar-refractivity contribution < 1.29 is 0 Å². The number of hydrogen-bond donors (Lipinski definition) is 1. The van der Waals surface area contributed by atoms with Crippen LogP contribution in [0.4, 0.5) is 0 Å². The lowest BCUT2D eigenvalue weighted by Crippen LogP contribution is -2.44. The molecular weight excluding hydrogens is 188 g/mol. The molecule has 0 amide bonds. The first kappa shape index (κ1) is 10.7. The molecule has 0 unspecified atom stereocenters. The second kappa shape index (κ2) is 6.13. The van der Waals surface area contributed by atoms with Crippen molar-refractivity contribution in [2.24, 2.45) is 0 Å². The zero-order chi connectivity index (χ0) is 8.81. The normalized spacial score (nSPS) is 21.5. The van der Waals surface area contributed by atoms with Gasteiger partial charge in [-0.15, -0.1) is 11.8 Å². The Morgan fingerprint density at radius 2 is 1.92 bits per heavy atom. The third-order valence-corrected chi connectivity index (χ3v) is 3.67. The highest BCUT2D eigenvalue weighted by molar-refractivity contribution is 7.99. The number of hydrogen-bond acceptors (Lipinski definition) is 4. The third kappa shape index (κ3) is 4.03. The summed E-state index contributed by atoms with van der Waals surface area (Å²) in [7, 11) is 2.19. The maximum absolute atomic E-state index is 4.19. The van der Waals surface area contributed by atoms with Crippen molar-refractivity contribution in [1.82, 2.24) is 9.80 Å². The molecule has 2 nitrogen and oxygen atoms in total. The standard InChI is InChI=1S/C8H18N2S2/c1-9-2-4-10(5-3-9)8-12-7-6-11/h11H,2-8H2,1H3. The summed E-state index contributed by atoms with van der Waals surface area (Å²) in [4.78, 5) is 4.91. The van der Waals surface area contributed by atoms with Crippen LogP contribution in [0, 0.1) is 0 Å². The highest BCUT2D eigenvalue weighted by Gasteiger charge is 2.12. The Morgan fingerprint density at radius 1 is 1.25 bits per heavy atom. The Balaban J connectivity index is 2.01. The van der Waals surface area contributed by atoms with Crippen LogP contribution in [0.5, 0.6) is 0 Å². The van der Waals surface area contributed by atoms with E-state index in [1.54, 1.807) is 0 Å². The first-order chi connectivity index (χ1) is 5.83. The molecule has 0 aromatic heterocycles. The summed E-state index contributed by atoms with van der Waals surface area (Å²) < 4.78 is 0. The van der Waals surface area contributed by atoms with Crippen LogP contribution in [-0.2, 0) is 0 Å². The van der Waals surface area contributed by atoms with Gasteiger partial charge in [0.1, 0.15) is 0 Å². The van der Waals surface area contributed by atoms with Crippen molar-refractivity contribution in [1.29, 1.82) is 0 Å². The summed E-state index contributed by atoms with van der Waals surface area (Å²) in [5.74, 6) is 3.36. The van der Waals surface area contributed by atoms with Gasteiger partial charge >= 0.3 is 0 Å². The number of thiol groups is 1. The van der Waals surface area contributed by atoms with Crippen LogP contribution >= 0.6 is 24.4 Å². The molecule has 0 atom stereocenters. The van der Waals surface area contributed by atoms with E-state index in [2.05, 4.69) is 29.5 Å². The summed E-state index contributed by atoms with van der Waals surface area (Å²) >= 11 is 6.18. The minimum Gasteiger partial charge on any atom is -0.304 e. The van der Waals surface area contributed by atoms with Gasteiger partial charge in [0.15, 0.2) is 0 Å². The highest BCUT2D eigenvalue weighted by Crippen LogP contribution is 2.07. The van der Waals surface area contributed by atoms with Crippen molar-refractivity contribution in [3.05, 3.63) is 0 Å². The van der Waals surface area contributed by atoms with E-state index < -0.39 is 0 Å². The van der Waals surface area contributed by atoms with Gasteiger partial charge in [-0.3, -0.25) is 4.90 Å². The largest absolute Gasteiger partial charge is 0.304 e. The molecule has 72 valence electrons. The maximum atomic E-state index is 4.19. The van der Waals surface area contributed by atoms with E-state index in [-0.39, 0.29) is 0 Å². The molecule has 0 aromatic carbocycles. The first-order valence-corrected chi connectivity index (χ1v) is 6.21. The zero-order valence-electron chi connectivity index (χ0n) is 7.70. The predicted octanol–water partition coefficient (Wildman–Crippen LogP) is 0.854. The molecule has 0 N–H and O–H groups in total. The second-order valence-corrected chi connectivity index (χ2v) is 4.70. The lowest BCUT2D eigenvalue weighted by molar-refractivity contribution is 0.175. The van der Waals surface area contributed by atoms with Crippen molar-refractivity contribution in [2.45, 2.75) is 0 Å². The third-order valence-electron chi connectivity index (χ3n) is 2.11. The average Bonchev–Trinajstić information content (AvgIpc) is 2.09. The van der Waals surface area contributed by atoms with Gasteiger partial charge in [-0.25, -0.2) is 0 Å². The monoisotopic (exact) mass is 206 g/mol. The van der Waals surface area contributed by atoms with Gasteiger partial charge in [0, 0.05) is 37.8 Å². The highest BCUT2D eigenvalue weighted by atomic mass is 32.2. The molecule has 1 heterocycles. The molecule has 0 aliphatic carbocycles. The number of piperazine rings is 1. The van der Waals surface area contributed by atoms with Gasteiger partial charge in [-0.05, 0) is 12.8 Å². The summed E-state index contributed by atoms with van der Waals surface area (Å²) in [5.41, 5.74) is 0. The van der Waals surface area contributed by atoms with Crippen LogP contribution < -0.4 is 0 Å². The Kier molecular flexibility index (Phi) is 5.47. The summed E-state index contributed by atoms with van der Waals surface area (Å²) in [6.07, 6.45) is 0. The molecule has 0 bridgehead atoms. The molecule has 1 aliphatic rings. The first-order valence-electron chi connectivity index (χ1n) is 4.42. The van der Waals surface area contributed by atoms with E-state index in [1.165, 1.54) is 37.8 Å². The molecule has 4 heteroatoms. The molecular formula is C8H18N2S2. The molecule has 1 aliphatic heterocycles. The van der Waals surface area contributed by atoms with Gasteiger partial charge in [0.05, 0.1) is 0 Å². The fourth-order valence-corrected chi connectivity index (χ4v) is 2.40. The van der Waals surface area contributed by atoms with Crippen molar-refractivity contribution in [3.8, 4) is 0 Å². The van der Waals surface area contributed by atoms with Crippen LogP contribution in [-0.4, -0.2) is 60.4 Å². The van der Waals surface area contributed by atoms with Crippen LogP contribution in [0.25, 0.3) is 0 Å². The topological polar surface area (TPSA) is 6.48 Å². The van der Waals surface area contributed by atoms with Crippen LogP contribution in [0.3, 0.4) is 0 Å². The smallest absolute Gasteiger partial charge is 0.0445 e. The van der Waals surface area contributed by atoms with E-state index in [0.717, 1.165) is 5.75 Å². The quantitative estimate of drug-likeness (QED) is 0.539. The van der Waals surface area contributed by atoms with E-state index in [4.69, 9.17) is 0 Å². The molecule has 0 spiro atoms. The van der Waals surface area contributed by atoms with E-state index in [9.17, 15) is 0 Å². The number of likely N-dealkylation sites (N-methyl/N-ethyl adjacent to an activating group) is 1. The summed E-state index contributed by atoms with van der Waals surface area (Å²) in [6.45, 7) is 4.91. The molecule has 1 saturated heterocycles. The van der Waals surface area contributed by atoms with Crippen molar-refractivity contribution >= 4 is 24.4 Å². The number of thioether (sulfide) groups is 1. The van der Waals surface area contributed by atoms with Crippen LogP contribution in [0.15, 0.2) is 0 Å². The summed E-state index contributed by atoms with van der Waals surface area (Å²) in [5, 5.41) is 0. The molecule has 12 heavy (non-hydrogen) atoms. The summed E-state index contributed by atoms with van der Waals surface area (Å²) in [6, 6.07) is 0. The SMILES string of the molecule is CN1CCN(CSCCS)CC1. The molecule has 1 rings (SSSR count). The van der Waals surface area contributed by atoms with E-state index in [0.29, 0.717) is 0 Å². The fourth-order valence-electron chi connectivity index (χ4n) is 1.24. The maximum Gasteiger partial charge on any atom is 0.0445 e. The van der Waals surface area contributed by atoms with Gasteiger partial charge in [0.2, 0.25) is 0 Å². The molecule has 0 aromatic rings. The predicted molar refractivity (Wildman–Crippen MR) is 60.2 cm³/mol. The average molecular weight is 206 g/mol. The van der Waals surface area contributed by atoms with Gasteiger partial charge in [0.25, 0.3) is 0 Å². The Bertz CT molecular complexity index is 114. The van der Waals surface area contributed by atoms with E-state index in [1.807, 2.05) is 11.8 Å². The zero-order valence-corrected chi connectivity index (χ0v) is 9.41. The number of nitrogens with zero attached hydrogens (tertiary/aromatic N) is 2. The van der Waals surface area contributed by atoms with Gasteiger partial charge in [-0.1, -0.05) is 0 Å². The van der Waals surface area contributed by atoms with Gasteiger partial charge in [-0.2, -0.15) is 12.6 Å². The van der Waals surface area contributed by atoms with Crippen LogP contribution in [0.2, 0.25) is 0 Å². The minimum atomic E-state index is 0.998. The Morgan fingerprint density at radius 3 is 2.50 bits per heavy atom. The van der Waals surface area contributed by atoms with Crippen LogP contribution in [0.1, 0.15) is 0 Å². The molecule has 1 fully saturated rings. The Hall–Kier alpha value is 0.620. The Labute approximate surface area is 85.1 Å². The lowest BCUT2D eigenvalue weighted by atomic mass is 10.4. The number of rotatable bonds is 4. The van der Waals surface area contributed by atoms with Gasteiger partial charge < -0.3 is 4.90 Å². The molecule has 0 saturated carbocycles. The lowest BCUT2D eigenvalue weighted by Gasteiger charge is -2.31. The molecule has 0 radical (unpaired) electrons. The second-order valence-electron chi connectivity index (χ2n) is 3.18. The minimum absolute atomic E-state index is 0.998. The fraction of sp³-hybridized carbons (Fsp3) is 1.00. The van der Waals surface area contributed by atoms with E-state index >= 15 is 0 Å².